The SMILES string of the molecule is C1CC[Si]OC1.CO[Si](OC)(OC)c1ccccc1. The molecule has 0 amide bonds. The van der Waals surface area contributed by atoms with E-state index in [9.17, 15) is 0 Å². The molecule has 6 heteroatoms. The molecule has 0 atom stereocenters. The Balaban J connectivity index is 0.000000250. The Kier molecular flexibility index (Phi) is 8.19. The van der Waals surface area contributed by atoms with Crippen LogP contribution in [0.5, 0.6) is 0 Å². The second-order valence-corrected chi connectivity index (χ2v) is 7.98. The first kappa shape index (κ1) is 16.5. The first-order valence-corrected chi connectivity index (χ1v) is 9.18. The molecule has 0 aromatic heterocycles. The molecular formula is C13H22O4Si2. The number of hydrogen-bond donors (Lipinski definition) is 0. The Morgan fingerprint density at radius 2 is 1.63 bits per heavy atom. The Morgan fingerprint density at radius 3 is 1.95 bits per heavy atom. The van der Waals surface area contributed by atoms with Gasteiger partial charge in [-0.25, -0.2) is 0 Å². The molecule has 0 spiro atoms. The third kappa shape index (κ3) is 5.17. The van der Waals surface area contributed by atoms with Crippen LogP contribution in [-0.2, 0) is 17.7 Å². The first-order valence-electron chi connectivity index (χ1n) is 6.34. The molecule has 1 aromatic rings. The second-order valence-electron chi connectivity index (χ2n) is 3.98. The van der Waals surface area contributed by atoms with E-state index in [-0.39, 0.29) is 0 Å². The molecule has 106 valence electrons. The Bertz CT molecular complexity index is 307. The van der Waals surface area contributed by atoms with Crippen LogP contribution in [0, 0.1) is 0 Å². The van der Waals surface area contributed by atoms with Crippen molar-refractivity contribution in [3.8, 4) is 0 Å². The molecule has 2 rings (SSSR count). The zero-order valence-electron chi connectivity index (χ0n) is 11.8. The third-order valence-electron chi connectivity index (χ3n) is 2.81. The van der Waals surface area contributed by atoms with E-state index in [2.05, 4.69) is 0 Å². The average Bonchev–Trinajstić information content (AvgIpc) is 2.53. The Morgan fingerprint density at radius 1 is 1.00 bits per heavy atom. The van der Waals surface area contributed by atoms with E-state index in [4.69, 9.17) is 17.7 Å². The van der Waals surface area contributed by atoms with Crippen LogP contribution in [0.3, 0.4) is 0 Å². The van der Waals surface area contributed by atoms with Crippen molar-refractivity contribution in [2.75, 3.05) is 27.9 Å². The van der Waals surface area contributed by atoms with Gasteiger partial charge in [0.05, 0.1) is 0 Å². The highest BCUT2D eigenvalue weighted by molar-refractivity contribution is 6.75. The summed E-state index contributed by atoms with van der Waals surface area (Å²) in [4.78, 5) is 0. The van der Waals surface area contributed by atoms with Gasteiger partial charge in [0.25, 0.3) is 0 Å². The lowest BCUT2D eigenvalue weighted by atomic mass is 10.4. The van der Waals surface area contributed by atoms with E-state index < -0.39 is 8.80 Å². The van der Waals surface area contributed by atoms with Gasteiger partial charge in [-0.05, 0) is 12.5 Å². The minimum atomic E-state index is -2.59. The molecule has 4 nitrogen and oxygen atoms in total. The molecular weight excluding hydrogens is 276 g/mol. The van der Waals surface area contributed by atoms with E-state index in [1.54, 1.807) is 21.3 Å². The van der Waals surface area contributed by atoms with Gasteiger partial charge >= 0.3 is 8.80 Å². The Labute approximate surface area is 119 Å². The maximum atomic E-state index is 5.32. The largest absolute Gasteiger partial charge is 0.536 e. The molecule has 0 unspecified atom stereocenters. The fraction of sp³-hybridized carbons (Fsp3) is 0.538. The fourth-order valence-corrected chi connectivity index (χ4v) is 4.40. The molecule has 0 aliphatic carbocycles. The summed E-state index contributed by atoms with van der Waals surface area (Å²) in [6, 6.07) is 11.0. The molecule has 1 aliphatic heterocycles. The molecule has 1 aromatic carbocycles. The highest BCUT2D eigenvalue weighted by Gasteiger charge is 2.40. The predicted molar refractivity (Wildman–Crippen MR) is 78.6 cm³/mol. The number of rotatable bonds is 4. The Hall–Kier alpha value is -0.506. The topological polar surface area (TPSA) is 36.9 Å². The van der Waals surface area contributed by atoms with Crippen LogP contribution in [-0.4, -0.2) is 46.5 Å². The molecule has 19 heavy (non-hydrogen) atoms. The zero-order valence-corrected chi connectivity index (χ0v) is 13.8. The molecule has 0 saturated carbocycles. The average molecular weight is 298 g/mol. The highest BCUT2D eigenvalue weighted by atomic mass is 28.4. The number of hydrogen-bond acceptors (Lipinski definition) is 4. The minimum absolute atomic E-state index is 0.802. The van der Waals surface area contributed by atoms with Crippen molar-refractivity contribution in [1.82, 2.24) is 0 Å². The van der Waals surface area contributed by atoms with Crippen LogP contribution in [0.25, 0.3) is 0 Å². The molecule has 1 saturated heterocycles. The van der Waals surface area contributed by atoms with Gasteiger partial charge in [0.2, 0.25) is 9.76 Å². The lowest BCUT2D eigenvalue weighted by molar-refractivity contribution is 0.140. The lowest BCUT2D eigenvalue weighted by Crippen LogP contribution is -2.54. The summed E-state index contributed by atoms with van der Waals surface area (Å²) in [5.74, 6) is 0. The molecule has 1 fully saturated rings. The van der Waals surface area contributed by atoms with Crippen molar-refractivity contribution in [2.45, 2.75) is 18.9 Å². The van der Waals surface area contributed by atoms with Crippen molar-refractivity contribution < 1.29 is 17.7 Å². The predicted octanol–water partition coefficient (Wildman–Crippen LogP) is 1.61. The van der Waals surface area contributed by atoms with Crippen LogP contribution < -0.4 is 5.19 Å². The van der Waals surface area contributed by atoms with E-state index >= 15 is 0 Å². The third-order valence-corrected chi connectivity index (χ3v) is 6.43. The summed E-state index contributed by atoms with van der Waals surface area (Å²) in [6.07, 6.45) is 2.67. The smallest absolute Gasteiger partial charge is 0.417 e. The van der Waals surface area contributed by atoms with Gasteiger partial charge in [-0.15, -0.1) is 0 Å². The van der Waals surface area contributed by atoms with E-state index in [1.165, 1.54) is 18.9 Å². The first-order chi connectivity index (χ1) is 9.29. The lowest BCUT2D eigenvalue weighted by Gasteiger charge is -2.24. The van der Waals surface area contributed by atoms with E-state index in [0.29, 0.717) is 0 Å². The van der Waals surface area contributed by atoms with Crippen LogP contribution in [0.1, 0.15) is 12.8 Å². The van der Waals surface area contributed by atoms with Gasteiger partial charge in [-0.1, -0.05) is 36.8 Å². The highest BCUT2D eigenvalue weighted by Crippen LogP contribution is 2.05. The van der Waals surface area contributed by atoms with Gasteiger partial charge in [-0.2, -0.15) is 0 Å². The van der Waals surface area contributed by atoms with Crippen molar-refractivity contribution in [1.29, 1.82) is 0 Å². The van der Waals surface area contributed by atoms with Crippen molar-refractivity contribution in [2.24, 2.45) is 0 Å². The monoisotopic (exact) mass is 298 g/mol. The normalized spacial score (nSPS) is 15.5. The van der Waals surface area contributed by atoms with Gasteiger partial charge < -0.3 is 17.7 Å². The summed E-state index contributed by atoms with van der Waals surface area (Å²) in [7, 11) is 3.02. The summed E-state index contributed by atoms with van der Waals surface area (Å²) < 4.78 is 21.0. The maximum Gasteiger partial charge on any atom is 0.536 e. The van der Waals surface area contributed by atoms with Crippen LogP contribution >= 0.6 is 0 Å². The van der Waals surface area contributed by atoms with Crippen LogP contribution in [0.4, 0.5) is 0 Å². The van der Waals surface area contributed by atoms with Crippen LogP contribution in [0.2, 0.25) is 6.04 Å². The standard InChI is InChI=1S/C9H14O3Si.C4H8OSi/c1-10-13(11-2,12-3)9-7-5-4-6-8-9;1-2-4-6-5-3-1/h4-8H,1-3H3;1-4H2. The molecule has 1 aliphatic rings. The summed E-state index contributed by atoms with van der Waals surface area (Å²) in [5, 5.41) is 0.975. The fourth-order valence-electron chi connectivity index (χ4n) is 1.76. The summed E-state index contributed by atoms with van der Waals surface area (Å²) in [5.41, 5.74) is 0. The van der Waals surface area contributed by atoms with Gasteiger partial charge in [-0.3, -0.25) is 0 Å². The van der Waals surface area contributed by atoms with Crippen molar-refractivity contribution in [3.05, 3.63) is 30.3 Å². The van der Waals surface area contributed by atoms with Crippen molar-refractivity contribution >= 4 is 23.8 Å². The second kappa shape index (κ2) is 9.41. The van der Waals surface area contributed by atoms with Crippen LogP contribution in [0.15, 0.2) is 30.3 Å². The van der Waals surface area contributed by atoms with E-state index in [0.717, 1.165) is 21.6 Å². The summed E-state index contributed by atoms with van der Waals surface area (Å²) >= 11 is 0. The van der Waals surface area contributed by atoms with Gasteiger partial charge in [0.15, 0.2) is 0 Å². The molecule has 0 bridgehead atoms. The number of benzene rings is 1. The van der Waals surface area contributed by atoms with Crippen molar-refractivity contribution in [3.63, 3.8) is 0 Å². The molecule has 0 N–H and O–H groups in total. The van der Waals surface area contributed by atoms with Gasteiger partial charge in [0, 0.05) is 33.1 Å². The summed E-state index contributed by atoms with van der Waals surface area (Å²) in [6.45, 7) is 1.01. The quantitative estimate of drug-likeness (QED) is 0.791. The zero-order chi connectivity index (χ0) is 14.0. The molecule has 2 radical (unpaired) electrons. The maximum absolute atomic E-state index is 5.32. The van der Waals surface area contributed by atoms with E-state index in [1.807, 2.05) is 30.3 Å². The minimum Gasteiger partial charge on any atom is -0.417 e. The van der Waals surface area contributed by atoms with Gasteiger partial charge in [0.1, 0.15) is 0 Å². The molecule has 1 heterocycles.